The van der Waals surface area contributed by atoms with Crippen LogP contribution < -0.4 is 14.8 Å². The van der Waals surface area contributed by atoms with Crippen LogP contribution in [0.15, 0.2) is 24.5 Å². The van der Waals surface area contributed by atoms with Gasteiger partial charge in [0.05, 0.1) is 5.02 Å². The number of benzene rings is 1. The average Bonchev–Trinajstić information content (AvgIpc) is 3.23. The minimum atomic E-state index is -0.129. The Balaban J connectivity index is 1.67. The summed E-state index contributed by atoms with van der Waals surface area (Å²) in [6.07, 6.45) is 3.62. The number of rotatable bonds is 2. The number of piperazine rings is 1. The number of nitrogens with zero attached hydrogens (tertiary/aromatic N) is 3. The zero-order chi connectivity index (χ0) is 16.7. The molecule has 24 heavy (non-hydrogen) atoms. The predicted molar refractivity (Wildman–Crippen MR) is 87.4 cm³/mol. The zero-order valence-electron chi connectivity index (χ0n) is 13.2. The van der Waals surface area contributed by atoms with E-state index < -0.39 is 0 Å². The van der Waals surface area contributed by atoms with Gasteiger partial charge in [-0.1, -0.05) is 11.6 Å². The highest BCUT2D eigenvalue weighted by Gasteiger charge is 2.32. The second-order valence-electron chi connectivity index (χ2n) is 5.81. The van der Waals surface area contributed by atoms with Gasteiger partial charge in [0.25, 0.3) is 5.91 Å². The quantitative estimate of drug-likeness (QED) is 0.892. The van der Waals surface area contributed by atoms with Crippen LogP contribution in [0.3, 0.4) is 0 Å². The molecule has 1 aromatic heterocycles. The fourth-order valence-corrected chi connectivity index (χ4v) is 3.40. The molecule has 1 fully saturated rings. The molecule has 0 spiro atoms. The number of halogens is 1. The Morgan fingerprint density at radius 1 is 1.42 bits per heavy atom. The van der Waals surface area contributed by atoms with Crippen LogP contribution in [0.25, 0.3) is 0 Å². The standard InChI is InChI=1S/C16H17ClN4O3/c1-20-4-3-19-15(20)12-8-18-2-5-21(12)16(22)10-6-11(17)14-13(7-10)23-9-24-14/h3-4,6-7,12,18H,2,5,8-9H2,1H3. The van der Waals surface area contributed by atoms with Gasteiger partial charge in [-0.3, -0.25) is 4.79 Å². The molecule has 1 unspecified atom stereocenters. The number of ether oxygens (including phenoxy) is 2. The Labute approximate surface area is 144 Å². The normalized spacial score (nSPS) is 19.6. The molecule has 2 aromatic rings. The lowest BCUT2D eigenvalue weighted by Crippen LogP contribution is -2.49. The van der Waals surface area contributed by atoms with Crippen LogP contribution in [-0.4, -0.2) is 46.8 Å². The van der Waals surface area contributed by atoms with Crippen LogP contribution in [0.4, 0.5) is 0 Å². The van der Waals surface area contributed by atoms with E-state index >= 15 is 0 Å². The molecular formula is C16H17ClN4O3. The first-order valence-corrected chi connectivity index (χ1v) is 8.11. The lowest BCUT2D eigenvalue weighted by Gasteiger charge is -2.35. The molecule has 2 aliphatic heterocycles. The van der Waals surface area contributed by atoms with Crippen molar-refractivity contribution in [3.8, 4) is 11.5 Å². The van der Waals surface area contributed by atoms with Gasteiger partial charge in [-0.05, 0) is 12.1 Å². The highest BCUT2D eigenvalue weighted by molar-refractivity contribution is 6.32. The number of nitrogens with one attached hydrogen (secondary N) is 1. The molecule has 1 atom stereocenters. The third-order valence-electron chi connectivity index (χ3n) is 4.33. The summed E-state index contributed by atoms with van der Waals surface area (Å²) in [6, 6.07) is 3.19. The maximum Gasteiger partial charge on any atom is 0.254 e. The van der Waals surface area contributed by atoms with E-state index in [0.717, 1.165) is 12.4 Å². The molecule has 126 valence electrons. The third-order valence-corrected chi connectivity index (χ3v) is 4.62. The van der Waals surface area contributed by atoms with Gasteiger partial charge in [0.15, 0.2) is 11.5 Å². The van der Waals surface area contributed by atoms with Crippen molar-refractivity contribution in [1.29, 1.82) is 0 Å². The highest BCUT2D eigenvalue weighted by Crippen LogP contribution is 2.40. The molecule has 4 rings (SSSR count). The van der Waals surface area contributed by atoms with Crippen LogP contribution >= 0.6 is 11.6 Å². The van der Waals surface area contributed by atoms with Gasteiger partial charge in [-0.2, -0.15) is 0 Å². The summed E-state index contributed by atoms with van der Waals surface area (Å²) in [4.78, 5) is 19.3. The minimum absolute atomic E-state index is 0.0929. The van der Waals surface area contributed by atoms with Crippen molar-refractivity contribution in [2.45, 2.75) is 6.04 Å². The molecule has 1 N–H and O–H groups in total. The summed E-state index contributed by atoms with van der Waals surface area (Å²) in [5.74, 6) is 1.76. The summed E-state index contributed by atoms with van der Waals surface area (Å²) >= 11 is 6.21. The smallest absolute Gasteiger partial charge is 0.254 e. The summed E-state index contributed by atoms with van der Waals surface area (Å²) in [5.41, 5.74) is 0.491. The molecule has 2 aliphatic rings. The van der Waals surface area contributed by atoms with Gasteiger partial charge in [0, 0.05) is 44.6 Å². The van der Waals surface area contributed by atoms with Crippen LogP contribution in [0.2, 0.25) is 5.02 Å². The molecule has 0 radical (unpaired) electrons. The number of aryl methyl sites for hydroxylation is 1. The average molecular weight is 349 g/mol. The first-order valence-electron chi connectivity index (χ1n) is 7.73. The zero-order valence-corrected chi connectivity index (χ0v) is 13.9. The molecular weight excluding hydrogens is 332 g/mol. The van der Waals surface area contributed by atoms with Crippen molar-refractivity contribution >= 4 is 17.5 Å². The van der Waals surface area contributed by atoms with Crippen molar-refractivity contribution in [3.63, 3.8) is 0 Å². The Kier molecular flexibility index (Phi) is 3.82. The van der Waals surface area contributed by atoms with Crippen LogP contribution in [0.1, 0.15) is 22.2 Å². The van der Waals surface area contributed by atoms with Crippen molar-refractivity contribution in [2.24, 2.45) is 7.05 Å². The van der Waals surface area contributed by atoms with Gasteiger partial charge >= 0.3 is 0 Å². The van der Waals surface area contributed by atoms with E-state index in [1.165, 1.54) is 0 Å². The number of aromatic nitrogens is 2. The molecule has 7 nitrogen and oxygen atoms in total. The first kappa shape index (κ1) is 15.3. The molecule has 1 saturated heterocycles. The van der Waals surface area contributed by atoms with Gasteiger partial charge in [0.2, 0.25) is 6.79 Å². The van der Waals surface area contributed by atoms with Gasteiger partial charge in [0.1, 0.15) is 11.9 Å². The molecule has 0 saturated carbocycles. The summed E-state index contributed by atoms with van der Waals surface area (Å²) in [6.45, 7) is 2.12. The molecule has 3 heterocycles. The van der Waals surface area contributed by atoms with Crippen molar-refractivity contribution in [3.05, 3.63) is 40.9 Å². The number of hydrogen-bond donors (Lipinski definition) is 1. The van der Waals surface area contributed by atoms with Crippen LogP contribution in [0, 0.1) is 0 Å². The number of hydrogen-bond acceptors (Lipinski definition) is 5. The van der Waals surface area contributed by atoms with Gasteiger partial charge < -0.3 is 24.3 Å². The summed E-state index contributed by atoms with van der Waals surface area (Å²) in [7, 11) is 1.93. The Hall–Kier alpha value is -2.25. The third kappa shape index (κ3) is 2.50. The van der Waals surface area contributed by atoms with Crippen LogP contribution in [0.5, 0.6) is 11.5 Å². The maximum absolute atomic E-state index is 13.1. The molecule has 8 heteroatoms. The van der Waals surface area contributed by atoms with Crippen molar-refractivity contribution in [1.82, 2.24) is 19.8 Å². The predicted octanol–water partition coefficient (Wildman–Crippen LogP) is 1.59. The van der Waals surface area contributed by atoms with E-state index in [2.05, 4.69) is 10.3 Å². The second kappa shape index (κ2) is 5.99. The largest absolute Gasteiger partial charge is 0.454 e. The van der Waals surface area contributed by atoms with Crippen molar-refractivity contribution in [2.75, 3.05) is 26.4 Å². The number of carbonyl (C=O) groups excluding carboxylic acids is 1. The molecule has 0 aliphatic carbocycles. The SMILES string of the molecule is Cn1ccnc1C1CNCCN1C(=O)c1cc(Cl)c2c(c1)OCO2. The topological polar surface area (TPSA) is 68.6 Å². The van der Waals surface area contributed by atoms with E-state index in [-0.39, 0.29) is 18.7 Å². The Morgan fingerprint density at radius 2 is 2.29 bits per heavy atom. The van der Waals surface area contributed by atoms with Crippen LogP contribution in [-0.2, 0) is 7.05 Å². The molecule has 1 aromatic carbocycles. The summed E-state index contributed by atoms with van der Waals surface area (Å²) in [5, 5.41) is 3.71. The maximum atomic E-state index is 13.1. The fraction of sp³-hybridized carbons (Fsp3) is 0.375. The number of fused-ring (bicyclic) bond motifs is 1. The van der Waals surface area contributed by atoms with E-state index in [9.17, 15) is 4.79 Å². The Morgan fingerprint density at radius 3 is 3.08 bits per heavy atom. The van der Waals surface area contributed by atoms with Crippen molar-refractivity contribution < 1.29 is 14.3 Å². The Bertz CT molecular complexity index is 792. The second-order valence-corrected chi connectivity index (χ2v) is 6.21. The molecule has 0 bridgehead atoms. The highest BCUT2D eigenvalue weighted by atomic mass is 35.5. The monoisotopic (exact) mass is 348 g/mol. The number of amides is 1. The van der Waals surface area contributed by atoms with E-state index in [1.807, 2.05) is 22.7 Å². The van der Waals surface area contributed by atoms with Gasteiger partial charge in [-0.15, -0.1) is 0 Å². The summed E-state index contributed by atoms with van der Waals surface area (Å²) < 4.78 is 12.6. The number of carbonyl (C=O) groups is 1. The minimum Gasteiger partial charge on any atom is -0.454 e. The van der Waals surface area contributed by atoms with E-state index in [4.69, 9.17) is 21.1 Å². The van der Waals surface area contributed by atoms with E-state index in [0.29, 0.717) is 35.2 Å². The lowest BCUT2D eigenvalue weighted by molar-refractivity contribution is 0.0620. The molecule has 1 amide bonds. The fourth-order valence-electron chi connectivity index (χ4n) is 3.13. The van der Waals surface area contributed by atoms with E-state index in [1.54, 1.807) is 18.3 Å². The van der Waals surface area contributed by atoms with Gasteiger partial charge in [-0.25, -0.2) is 4.98 Å². The number of imidazole rings is 1. The lowest BCUT2D eigenvalue weighted by atomic mass is 10.1. The first-order chi connectivity index (χ1) is 11.6.